The second-order valence-corrected chi connectivity index (χ2v) is 2.83. The maximum absolute atomic E-state index is 11.1. The first-order valence-corrected chi connectivity index (χ1v) is 3.98. The van der Waals surface area contributed by atoms with E-state index in [1.54, 1.807) is 13.0 Å². The van der Waals surface area contributed by atoms with Crippen LogP contribution in [0.1, 0.15) is 26.3 Å². The van der Waals surface area contributed by atoms with Gasteiger partial charge in [-0.2, -0.15) is 0 Å². The highest BCUT2D eigenvalue weighted by molar-refractivity contribution is 5.95. The number of esters is 1. The van der Waals surface area contributed by atoms with E-state index in [1.807, 2.05) is 0 Å². The molecule has 0 saturated heterocycles. The van der Waals surface area contributed by atoms with Gasteiger partial charge in [0.2, 0.25) is 0 Å². The fraction of sp³-hybridized carbons (Fsp3) is 0.200. The van der Waals surface area contributed by atoms with Crippen LogP contribution in [-0.4, -0.2) is 24.2 Å². The lowest BCUT2D eigenvalue weighted by molar-refractivity contribution is 0.0600. The lowest BCUT2D eigenvalue weighted by atomic mass is 10.1. The van der Waals surface area contributed by atoms with Gasteiger partial charge in [-0.05, 0) is 24.6 Å². The molecule has 0 aromatic heterocycles. The number of aromatic carboxylic acids is 1. The molecule has 74 valence electrons. The lowest BCUT2D eigenvalue weighted by Crippen LogP contribution is -2.06. The third-order valence-electron chi connectivity index (χ3n) is 1.89. The van der Waals surface area contributed by atoms with E-state index in [-0.39, 0.29) is 11.1 Å². The average Bonchev–Trinajstić information content (AvgIpc) is 2.17. The van der Waals surface area contributed by atoms with Crippen LogP contribution in [-0.2, 0) is 4.74 Å². The Bertz CT molecular complexity index is 382. The Hall–Kier alpha value is -1.84. The highest BCUT2D eigenvalue weighted by atomic mass is 16.5. The van der Waals surface area contributed by atoms with Crippen molar-refractivity contribution in [2.24, 2.45) is 0 Å². The molecule has 0 radical (unpaired) electrons. The fourth-order valence-electron chi connectivity index (χ4n) is 1.10. The Labute approximate surface area is 81.1 Å². The number of carboxylic acid groups (broad SMARTS) is 1. The molecular weight excluding hydrogens is 184 g/mol. The van der Waals surface area contributed by atoms with E-state index < -0.39 is 11.9 Å². The molecule has 4 nitrogen and oxygen atoms in total. The van der Waals surface area contributed by atoms with E-state index in [2.05, 4.69) is 4.74 Å². The van der Waals surface area contributed by atoms with Crippen LogP contribution in [0.2, 0.25) is 0 Å². The molecular formula is C10H10O4. The van der Waals surface area contributed by atoms with E-state index in [0.29, 0.717) is 5.56 Å². The first-order valence-electron chi connectivity index (χ1n) is 3.98. The topological polar surface area (TPSA) is 63.6 Å². The van der Waals surface area contributed by atoms with Crippen molar-refractivity contribution >= 4 is 11.9 Å². The Morgan fingerprint density at radius 2 is 2.00 bits per heavy atom. The minimum absolute atomic E-state index is 0.118. The molecule has 0 bridgehead atoms. The molecule has 0 amide bonds. The predicted molar refractivity (Wildman–Crippen MR) is 49.5 cm³/mol. The molecule has 14 heavy (non-hydrogen) atoms. The van der Waals surface area contributed by atoms with Crippen molar-refractivity contribution in [2.75, 3.05) is 7.11 Å². The number of ether oxygens (including phenoxy) is 1. The zero-order chi connectivity index (χ0) is 10.7. The molecule has 0 fully saturated rings. The van der Waals surface area contributed by atoms with Gasteiger partial charge in [0, 0.05) is 0 Å². The number of hydrogen-bond donors (Lipinski definition) is 1. The van der Waals surface area contributed by atoms with Crippen molar-refractivity contribution in [2.45, 2.75) is 6.92 Å². The fourth-order valence-corrected chi connectivity index (χ4v) is 1.10. The summed E-state index contributed by atoms with van der Waals surface area (Å²) >= 11 is 0. The van der Waals surface area contributed by atoms with Crippen molar-refractivity contribution in [3.05, 3.63) is 34.9 Å². The van der Waals surface area contributed by atoms with E-state index in [1.165, 1.54) is 19.2 Å². The number of aryl methyl sites for hydroxylation is 1. The number of benzene rings is 1. The van der Waals surface area contributed by atoms with E-state index in [9.17, 15) is 9.59 Å². The summed E-state index contributed by atoms with van der Waals surface area (Å²) in [5, 5.41) is 8.79. The van der Waals surface area contributed by atoms with Gasteiger partial charge < -0.3 is 9.84 Å². The zero-order valence-electron chi connectivity index (χ0n) is 7.90. The number of rotatable bonds is 2. The van der Waals surface area contributed by atoms with Crippen molar-refractivity contribution in [3.8, 4) is 0 Å². The molecule has 1 aromatic rings. The summed E-state index contributed by atoms with van der Waals surface area (Å²) in [6, 6.07) is 4.42. The highest BCUT2D eigenvalue weighted by Crippen LogP contribution is 2.11. The second kappa shape index (κ2) is 3.91. The largest absolute Gasteiger partial charge is 0.478 e. The molecule has 0 atom stereocenters. The van der Waals surface area contributed by atoms with Gasteiger partial charge in [-0.3, -0.25) is 0 Å². The maximum atomic E-state index is 11.1. The van der Waals surface area contributed by atoms with Crippen molar-refractivity contribution in [3.63, 3.8) is 0 Å². The molecule has 0 aliphatic carbocycles. The Morgan fingerprint density at radius 1 is 1.36 bits per heavy atom. The van der Waals surface area contributed by atoms with Crippen molar-refractivity contribution in [1.29, 1.82) is 0 Å². The second-order valence-electron chi connectivity index (χ2n) is 2.83. The van der Waals surface area contributed by atoms with Gasteiger partial charge in [-0.1, -0.05) is 6.07 Å². The third kappa shape index (κ3) is 1.90. The predicted octanol–water partition coefficient (Wildman–Crippen LogP) is 1.48. The summed E-state index contributed by atoms with van der Waals surface area (Å²) < 4.78 is 4.48. The Balaban J connectivity index is 3.19. The normalized spacial score (nSPS) is 9.57. The molecule has 0 unspecified atom stereocenters. The molecule has 0 aliphatic rings. The molecule has 0 saturated carbocycles. The molecule has 0 aliphatic heterocycles. The first-order chi connectivity index (χ1) is 6.56. The van der Waals surface area contributed by atoms with Crippen molar-refractivity contribution in [1.82, 2.24) is 0 Å². The summed E-state index contributed by atoms with van der Waals surface area (Å²) in [5.41, 5.74) is 0.980. The molecule has 0 heterocycles. The van der Waals surface area contributed by atoms with E-state index in [0.717, 1.165) is 0 Å². The van der Waals surface area contributed by atoms with Crippen LogP contribution in [0.3, 0.4) is 0 Å². The molecule has 1 rings (SSSR count). The first kappa shape index (κ1) is 10.2. The quantitative estimate of drug-likeness (QED) is 0.724. The molecule has 4 heteroatoms. The third-order valence-corrected chi connectivity index (χ3v) is 1.89. The number of carboxylic acids is 1. The summed E-state index contributed by atoms with van der Waals surface area (Å²) in [7, 11) is 1.25. The van der Waals surface area contributed by atoms with Crippen LogP contribution in [0.5, 0.6) is 0 Å². The number of carbonyl (C=O) groups is 2. The van der Waals surface area contributed by atoms with Crippen LogP contribution in [0.25, 0.3) is 0 Å². The van der Waals surface area contributed by atoms with Gasteiger partial charge in [0.05, 0.1) is 18.2 Å². The maximum Gasteiger partial charge on any atom is 0.337 e. The van der Waals surface area contributed by atoms with Crippen LogP contribution >= 0.6 is 0 Å². The van der Waals surface area contributed by atoms with Crippen molar-refractivity contribution < 1.29 is 19.4 Å². The monoisotopic (exact) mass is 194 g/mol. The highest BCUT2D eigenvalue weighted by Gasteiger charge is 2.11. The Morgan fingerprint density at radius 3 is 2.50 bits per heavy atom. The summed E-state index contributed by atoms with van der Waals surface area (Å²) in [6.45, 7) is 1.67. The number of hydrogen-bond acceptors (Lipinski definition) is 3. The van der Waals surface area contributed by atoms with Gasteiger partial charge in [0.25, 0.3) is 0 Å². The zero-order valence-corrected chi connectivity index (χ0v) is 7.90. The average molecular weight is 194 g/mol. The van der Waals surface area contributed by atoms with Gasteiger partial charge in [0.15, 0.2) is 0 Å². The Kier molecular flexibility index (Phi) is 2.86. The van der Waals surface area contributed by atoms with Gasteiger partial charge in [-0.15, -0.1) is 0 Å². The van der Waals surface area contributed by atoms with Crippen LogP contribution in [0.4, 0.5) is 0 Å². The van der Waals surface area contributed by atoms with Crippen LogP contribution in [0, 0.1) is 6.92 Å². The van der Waals surface area contributed by atoms with Crippen LogP contribution < -0.4 is 0 Å². The van der Waals surface area contributed by atoms with Gasteiger partial charge in [-0.25, -0.2) is 9.59 Å². The lowest BCUT2D eigenvalue weighted by Gasteiger charge is -2.03. The summed E-state index contributed by atoms with van der Waals surface area (Å²) in [6.07, 6.45) is 0. The minimum atomic E-state index is -1.05. The smallest absolute Gasteiger partial charge is 0.337 e. The summed E-state index contributed by atoms with van der Waals surface area (Å²) in [4.78, 5) is 21.8. The van der Waals surface area contributed by atoms with Gasteiger partial charge >= 0.3 is 11.9 Å². The standard InChI is InChI=1S/C10H10O4/c1-6-3-4-7(10(13)14-2)5-8(6)9(11)12/h3-5H,1-2H3,(H,11,12). The van der Waals surface area contributed by atoms with Gasteiger partial charge in [0.1, 0.15) is 0 Å². The molecule has 0 spiro atoms. The SMILES string of the molecule is COC(=O)c1ccc(C)c(C(=O)O)c1. The summed E-state index contributed by atoms with van der Waals surface area (Å²) in [5.74, 6) is -1.58. The molecule has 1 aromatic carbocycles. The number of methoxy groups -OCH3 is 1. The van der Waals surface area contributed by atoms with E-state index in [4.69, 9.17) is 5.11 Å². The molecule has 1 N–H and O–H groups in total. The number of carbonyl (C=O) groups excluding carboxylic acids is 1. The minimum Gasteiger partial charge on any atom is -0.478 e. The van der Waals surface area contributed by atoms with Crippen LogP contribution in [0.15, 0.2) is 18.2 Å². The van der Waals surface area contributed by atoms with E-state index >= 15 is 0 Å².